The number of aromatic nitrogens is 2. The van der Waals surface area contributed by atoms with Crippen molar-refractivity contribution in [1.29, 1.82) is 0 Å². The SMILES string of the molecule is O=C(Nc1cncnc1)C1CNCCO1. The molecule has 1 aromatic rings. The Hall–Kier alpha value is -1.53. The molecule has 2 rings (SSSR count). The highest BCUT2D eigenvalue weighted by molar-refractivity contribution is 5.94. The monoisotopic (exact) mass is 208 g/mol. The minimum absolute atomic E-state index is 0.169. The third-order valence-electron chi connectivity index (χ3n) is 2.05. The summed E-state index contributed by atoms with van der Waals surface area (Å²) in [6.07, 6.45) is 4.07. The number of nitrogens with zero attached hydrogens (tertiary/aromatic N) is 2. The summed E-state index contributed by atoms with van der Waals surface area (Å²) in [5.41, 5.74) is 0.580. The molecule has 0 radical (unpaired) electrons. The summed E-state index contributed by atoms with van der Waals surface area (Å²) in [7, 11) is 0. The van der Waals surface area contributed by atoms with E-state index in [9.17, 15) is 4.79 Å². The van der Waals surface area contributed by atoms with Crippen LogP contribution in [0.2, 0.25) is 0 Å². The van der Waals surface area contributed by atoms with Crippen LogP contribution in [0.25, 0.3) is 0 Å². The maximum Gasteiger partial charge on any atom is 0.254 e. The van der Waals surface area contributed by atoms with Crippen LogP contribution in [0.3, 0.4) is 0 Å². The van der Waals surface area contributed by atoms with E-state index in [-0.39, 0.29) is 5.91 Å². The second-order valence-corrected chi connectivity index (χ2v) is 3.18. The number of ether oxygens (including phenoxy) is 1. The summed E-state index contributed by atoms with van der Waals surface area (Å²) in [6.45, 7) is 1.89. The number of morpholine rings is 1. The molecule has 1 unspecified atom stereocenters. The van der Waals surface area contributed by atoms with Gasteiger partial charge in [-0.25, -0.2) is 9.97 Å². The highest BCUT2D eigenvalue weighted by atomic mass is 16.5. The molecular formula is C9H12N4O2. The van der Waals surface area contributed by atoms with Crippen molar-refractivity contribution in [3.8, 4) is 0 Å². The van der Waals surface area contributed by atoms with E-state index in [1.807, 2.05) is 0 Å². The number of nitrogens with one attached hydrogen (secondary N) is 2. The van der Waals surface area contributed by atoms with Crippen LogP contribution in [-0.2, 0) is 9.53 Å². The van der Waals surface area contributed by atoms with Gasteiger partial charge in [-0.3, -0.25) is 4.79 Å². The molecule has 6 heteroatoms. The Labute approximate surface area is 87.1 Å². The van der Waals surface area contributed by atoms with Gasteiger partial charge in [0.15, 0.2) is 0 Å². The summed E-state index contributed by atoms with van der Waals surface area (Å²) in [5.74, 6) is -0.169. The highest BCUT2D eigenvalue weighted by Gasteiger charge is 2.21. The first-order valence-electron chi connectivity index (χ1n) is 4.74. The van der Waals surface area contributed by atoms with Crippen LogP contribution in [0.15, 0.2) is 18.7 Å². The molecule has 0 aliphatic carbocycles. The molecular weight excluding hydrogens is 196 g/mol. The van der Waals surface area contributed by atoms with Gasteiger partial charge in [0.1, 0.15) is 12.4 Å². The lowest BCUT2D eigenvalue weighted by molar-refractivity contribution is -0.128. The number of anilines is 1. The fourth-order valence-electron chi connectivity index (χ4n) is 1.32. The van der Waals surface area contributed by atoms with Gasteiger partial charge in [0.2, 0.25) is 0 Å². The Balaban J connectivity index is 1.91. The molecule has 1 aliphatic rings. The Morgan fingerprint density at radius 1 is 1.53 bits per heavy atom. The van der Waals surface area contributed by atoms with Gasteiger partial charge >= 0.3 is 0 Å². The lowest BCUT2D eigenvalue weighted by Gasteiger charge is -2.22. The molecule has 0 aromatic carbocycles. The molecule has 2 N–H and O–H groups in total. The molecule has 80 valence electrons. The van der Waals surface area contributed by atoms with Gasteiger partial charge < -0.3 is 15.4 Å². The average molecular weight is 208 g/mol. The van der Waals surface area contributed by atoms with Crippen molar-refractivity contribution < 1.29 is 9.53 Å². The van der Waals surface area contributed by atoms with Gasteiger partial charge in [0.05, 0.1) is 24.7 Å². The van der Waals surface area contributed by atoms with E-state index in [0.717, 1.165) is 6.54 Å². The Morgan fingerprint density at radius 3 is 3.00 bits per heavy atom. The van der Waals surface area contributed by atoms with Crippen LogP contribution in [-0.4, -0.2) is 41.7 Å². The number of amides is 1. The van der Waals surface area contributed by atoms with Gasteiger partial charge in [0, 0.05) is 13.1 Å². The average Bonchev–Trinajstić information content (AvgIpc) is 2.31. The third-order valence-corrected chi connectivity index (χ3v) is 2.05. The zero-order valence-corrected chi connectivity index (χ0v) is 8.14. The summed E-state index contributed by atoms with van der Waals surface area (Å²) in [5, 5.41) is 5.77. The fraction of sp³-hybridized carbons (Fsp3) is 0.444. The second-order valence-electron chi connectivity index (χ2n) is 3.18. The summed E-state index contributed by atoms with van der Waals surface area (Å²) in [6, 6.07) is 0. The van der Waals surface area contributed by atoms with E-state index in [0.29, 0.717) is 18.8 Å². The summed E-state index contributed by atoms with van der Waals surface area (Å²) in [4.78, 5) is 19.2. The number of hydrogen-bond acceptors (Lipinski definition) is 5. The normalized spacial score (nSPS) is 20.9. The maximum absolute atomic E-state index is 11.6. The van der Waals surface area contributed by atoms with Crippen molar-refractivity contribution in [1.82, 2.24) is 15.3 Å². The van der Waals surface area contributed by atoms with Gasteiger partial charge in [0.25, 0.3) is 5.91 Å². The largest absolute Gasteiger partial charge is 0.366 e. The Bertz CT molecular complexity index is 324. The van der Waals surface area contributed by atoms with E-state index in [1.165, 1.54) is 6.33 Å². The molecule has 0 saturated carbocycles. The molecule has 6 nitrogen and oxygen atoms in total. The highest BCUT2D eigenvalue weighted by Crippen LogP contribution is 2.04. The van der Waals surface area contributed by atoms with Crippen LogP contribution < -0.4 is 10.6 Å². The first-order valence-corrected chi connectivity index (χ1v) is 4.74. The quantitative estimate of drug-likeness (QED) is 0.679. The topological polar surface area (TPSA) is 76.1 Å². The van der Waals surface area contributed by atoms with Crippen LogP contribution >= 0.6 is 0 Å². The third kappa shape index (κ3) is 2.71. The maximum atomic E-state index is 11.6. The van der Waals surface area contributed by atoms with Crippen molar-refractivity contribution in [3.05, 3.63) is 18.7 Å². The van der Waals surface area contributed by atoms with Gasteiger partial charge in [-0.1, -0.05) is 0 Å². The molecule has 0 bridgehead atoms. The van der Waals surface area contributed by atoms with E-state index in [1.54, 1.807) is 12.4 Å². The molecule has 15 heavy (non-hydrogen) atoms. The van der Waals surface area contributed by atoms with E-state index in [2.05, 4.69) is 20.6 Å². The predicted octanol–water partition coefficient (Wildman–Crippen LogP) is -0.596. The molecule has 1 atom stereocenters. The van der Waals surface area contributed by atoms with Crippen molar-refractivity contribution in [2.45, 2.75) is 6.10 Å². The first kappa shape index (κ1) is 10.0. The van der Waals surface area contributed by atoms with E-state index < -0.39 is 6.10 Å². The zero-order chi connectivity index (χ0) is 10.5. The molecule has 2 heterocycles. The number of rotatable bonds is 2. The van der Waals surface area contributed by atoms with Crippen molar-refractivity contribution in [2.24, 2.45) is 0 Å². The standard InChI is InChI=1S/C9H12N4O2/c14-9(8-5-10-1-2-15-8)13-7-3-11-6-12-4-7/h3-4,6,8,10H,1-2,5H2,(H,13,14). The number of hydrogen-bond donors (Lipinski definition) is 2. The predicted molar refractivity (Wildman–Crippen MR) is 53.3 cm³/mol. The van der Waals surface area contributed by atoms with Gasteiger partial charge in [-0.05, 0) is 0 Å². The summed E-state index contributed by atoms with van der Waals surface area (Å²) < 4.78 is 5.30. The summed E-state index contributed by atoms with van der Waals surface area (Å²) >= 11 is 0. The van der Waals surface area contributed by atoms with Crippen molar-refractivity contribution >= 4 is 11.6 Å². The zero-order valence-electron chi connectivity index (χ0n) is 8.14. The van der Waals surface area contributed by atoms with Crippen LogP contribution in [0, 0.1) is 0 Å². The lowest BCUT2D eigenvalue weighted by Crippen LogP contribution is -2.45. The fourth-order valence-corrected chi connectivity index (χ4v) is 1.32. The molecule has 1 amide bonds. The first-order chi connectivity index (χ1) is 7.36. The van der Waals surface area contributed by atoms with E-state index >= 15 is 0 Å². The lowest BCUT2D eigenvalue weighted by atomic mass is 10.3. The number of carbonyl (C=O) groups excluding carboxylic acids is 1. The molecule has 0 spiro atoms. The van der Waals surface area contributed by atoms with Crippen LogP contribution in [0.1, 0.15) is 0 Å². The minimum atomic E-state index is -0.432. The van der Waals surface area contributed by atoms with Crippen molar-refractivity contribution in [2.75, 3.05) is 25.0 Å². The minimum Gasteiger partial charge on any atom is -0.366 e. The molecule has 1 aromatic heterocycles. The van der Waals surface area contributed by atoms with Crippen LogP contribution in [0.5, 0.6) is 0 Å². The van der Waals surface area contributed by atoms with Crippen molar-refractivity contribution in [3.63, 3.8) is 0 Å². The van der Waals surface area contributed by atoms with Crippen LogP contribution in [0.4, 0.5) is 5.69 Å². The Kier molecular flexibility index (Phi) is 3.21. The van der Waals surface area contributed by atoms with Gasteiger partial charge in [-0.15, -0.1) is 0 Å². The molecule has 1 saturated heterocycles. The number of carbonyl (C=O) groups is 1. The van der Waals surface area contributed by atoms with E-state index in [4.69, 9.17) is 4.74 Å². The molecule has 1 aliphatic heterocycles. The molecule has 1 fully saturated rings. The smallest absolute Gasteiger partial charge is 0.254 e. The Morgan fingerprint density at radius 2 is 2.33 bits per heavy atom. The van der Waals surface area contributed by atoms with Gasteiger partial charge in [-0.2, -0.15) is 0 Å². The second kappa shape index (κ2) is 4.81.